The fraction of sp³-hybridized carbons (Fsp3) is 0.857. The Kier molecular flexibility index (Phi) is 7.92. The van der Waals surface area contributed by atoms with Gasteiger partial charge in [-0.15, -0.1) is 0 Å². The maximum absolute atomic E-state index is 7.59. The molecule has 0 spiro atoms. The van der Waals surface area contributed by atoms with E-state index in [1.807, 2.05) is 44.7 Å². The van der Waals surface area contributed by atoms with Gasteiger partial charge in [0.25, 0.3) is 0 Å². The third-order valence-electron chi connectivity index (χ3n) is 3.73. The van der Waals surface area contributed by atoms with Crippen LogP contribution in [0.2, 0.25) is 0 Å². The van der Waals surface area contributed by atoms with E-state index < -0.39 is 0 Å². The monoisotopic (exact) mass is 316 g/mol. The topological polar surface area (TPSA) is 72.0 Å². The van der Waals surface area contributed by atoms with Crippen molar-refractivity contribution in [3.8, 4) is 0 Å². The third-order valence-corrected chi connectivity index (χ3v) is 4.03. The summed E-state index contributed by atoms with van der Waals surface area (Å²) in [5, 5.41) is 7.59. The van der Waals surface area contributed by atoms with Gasteiger partial charge >= 0.3 is 0 Å². The normalized spacial score (nSPS) is 13.8. The molecule has 0 aliphatic heterocycles. The lowest BCUT2D eigenvalue weighted by molar-refractivity contribution is 0.278. The van der Waals surface area contributed by atoms with Crippen LogP contribution in [0.15, 0.2) is 4.99 Å². The molecule has 0 aromatic carbocycles. The molecule has 0 aliphatic rings. The minimum absolute atomic E-state index is 0.130. The van der Waals surface area contributed by atoms with Crippen molar-refractivity contribution in [2.45, 2.75) is 45.0 Å². The van der Waals surface area contributed by atoms with E-state index in [0.29, 0.717) is 0 Å². The van der Waals surface area contributed by atoms with Crippen LogP contribution in [0.5, 0.6) is 0 Å². The number of nitrogens with zero attached hydrogens (tertiary/aromatic N) is 4. The van der Waals surface area contributed by atoms with Crippen LogP contribution in [0.25, 0.3) is 0 Å². The molecule has 0 amide bonds. The third kappa shape index (κ3) is 6.03. The first kappa shape index (κ1) is 19.9. The lowest BCUT2D eigenvalue weighted by atomic mass is 10.2. The second kappa shape index (κ2) is 8.36. The first-order valence-electron chi connectivity index (χ1n) is 7.31. The quantitative estimate of drug-likeness (QED) is 0.300. The summed E-state index contributed by atoms with van der Waals surface area (Å²) in [5.41, 5.74) is 5.60. The van der Waals surface area contributed by atoms with Gasteiger partial charge in [0.1, 0.15) is 0 Å². The molecule has 7 heteroatoms. The van der Waals surface area contributed by atoms with Crippen LogP contribution in [0.3, 0.4) is 0 Å². The molecule has 3 N–H and O–H groups in total. The molecule has 21 heavy (non-hydrogen) atoms. The molecule has 0 bridgehead atoms. The average molecular weight is 317 g/mol. The maximum atomic E-state index is 7.59. The maximum Gasteiger partial charge on any atom is 0.196 e. The molecule has 0 fully saturated rings. The van der Waals surface area contributed by atoms with E-state index in [0.717, 1.165) is 25.5 Å². The molecule has 6 nitrogen and oxygen atoms in total. The summed E-state index contributed by atoms with van der Waals surface area (Å²) in [4.78, 5) is 10.1. The predicted octanol–water partition coefficient (Wildman–Crippen LogP) is 1.50. The van der Waals surface area contributed by atoms with Crippen LogP contribution in [-0.2, 0) is 0 Å². The summed E-state index contributed by atoms with van der Waals surface area (Å²) in [5.74, 6) is 1.03. The summed E-state index contributed by atoms with van der Waals surface area (Å²) in [6, 6.07) is 0.224. The fourth-order valence-corrected chi connectivity index (χ4v) is 2.27. The van der Waals surface area contributed by atoms with Crippen LogP contribution < -0.4 is 5.73 Å². The van der Waals surface area contributed by atoms with E-state index in [1.165, 1.54) is 0 Å². The number of nitrogens with two attached hydrogens (primary N) is 1. The Bertz CT molecular complexity index is 363. The molecule has 0 aliphatic carbocycles. The van der Waals surface area contributed by atoms with Crippen LogP contribution in [-0.4, -0.2) is 71.8 Å². The summed E-state index contributed by atoms with van der Waals surface area (Å²) in [7, 11) is 5.80. The van der Waals surface area contributed by atoms with Crippen molar-refractivity contribution >= 4 is 24.5 Å². The number of nitrogens with one attached hydrogen (secondary N) is 1. The standard InChI is InChI=1S/C14H32N6S/c1-8-20(12(15)16)11(2)9-10-18(6)13(17-5)19(7)14(3,4)21/h11,21H,8-10H2,1-7H3,(H3,15,16). The van der Waals surface area contributed by atoms with Crippen molar-refractivity contribution in [3.63, 3.8) is 0 Å². The summed E-state index contributed by atoms with van der Waals surface area (Å²) >= 11 is 4.59. The number of guanidine groups is 2. The number of rotatable bonds is 6. The molecule has 124 valence electrons. The van der Waals surface area contributed by atoms with Gasteiger partial charge in [-0.2, -0.15) is 12.6 Å². The Hall–Kier alpha value is -1.11. The van der Waals surface area contributed by atoms with E-state index in [2.05, 4.69) is 29.4 Å². The highest BCUT2D eigenvalue weighted by Gasteiger charge is 2.24. The Morgan fingerprint density at radius 2 is 1.90 bits per heavy atom. The molecule has 1 unspecified atom stereocenters. The van der Waals surface area contributed by atoms with Gasteiger partial charge in [-0.3, -0.25) is 10.4 Å². The molecule has 0 radical (unpaired) electrons. The van der Waals surface area contributed by atoms with Crippen molar-refractivity contribution in [2.24, 2.45) is 10.7 Å². The molecule has 1 atom stereocenters. The lowest BCUT2D eigenvalue weighted by Crippen LogP contribution is -2.49. The molecule has 0 heterocycles. The summed E-state index contributed by atoms with van der Waals surface area (Å²) in [6.07, 6.45) is 0.907. The van der Waals surface area contributed by atoms with Crippen LogP contribution in [0.1, 0.15) is 34.1 Å². The smallest absolute Gasteiger partial charge is 0.196 e. The molecule has 0 rings (SSSR count). The number of aliphatic imine (C=N–C) groups is 1. The Morgan fingerprint density at radius 3 is 2.24 bits per heavy atom. The van der Waals surface area contributed by atoms with Gasteiger partial charge in [-0.25, -0.2) is 0 Å². The molecule has 0 saturated heterocycles. The van der Waals surface area contributed by atoms with Crippen molar-refractivity contribution in [1.82, 2.24) is 14.7 Å². The van der Waals surface area contributed by atoms with Gasteiger partial charge in [0.05, 0.1) is 4.87 Å². The second-order valence-electron chi connectivity index (χ2n) is 5.81. The zero-order valence-electron chi connectivity index (χ0n) is 14.5. The summed E-state index contributed by atoms with van der Waals surface area (Å²) < 4.78 is 0. The summed E-state index contributed by atoms with van der Waals surface area (Å²) in [6.45, 7) is 9.76. The van der Waals surface area contributed by atoms with Crippen LogP contribution >= 0.6 is 12.6 Å². The van der Waals surface area contributed by atoms with Gasteiger partial charge < -0.3 is 20.4 Å². The van der Waals surface area contributed by atoms with Crippen molar-refractivity contribution in [2.75, 3.05) is 34.2 Å². The zero-order valence-corrected chi connectivity index (χ0v) is 15.4. The molecule has 0 aromatic rings. The molecule has 0 aromatic heterocycles. The van der Waals surface area contributed by atoms with Gasteiger partial charge in [0.15, 0.2) is 11.9 Å². The van der Waals surface area contributed by atoms with Gasteiger partial charge in [-0.05, 0) is 34.1 Å². The average Bonchev–Trinajstić information content (AvgIpc) is 2.36. The lowest BCUT2D eigenvalue weighted by Gasteiger charge is -2.38. The number of hydrogen-bond acceptors (Lipinski definition) is 3. The van der Waals surface area contributed by atoms with Crippen molar-refractivity contribution in [3.05, 3.63) is 0 Å². The van der Waals surface area contributed by atoms with E-state index in [-0.39, 0.29) is 16.9 Å². The SMILES string of the molecule is CCN(C(=N)N)C(C)CCN(C)C(=NC)N(C)C(C)(C)S. The van der Waals surface area contributed by atoms with E-state index in [9.17, 15) is 0 Å². The van der Waals surface area contributed by atoms with Gasteiger partial charge in [-0.1, -0.05) is 0 Å². The largest absolute Gasteiger partial charge is 0.370 e. The second-order valence-corrected chi connectivity index (χ2v) is 6.90. The minimum atomic E-state index is -0.274. The molecule has 0 saturated carbocycles. The molecular weight excluding hydrogens is 284 g/mol. The van der Waals surface area contributed by atoms with E-state index in [4.69, 9.17) is 11.1 Å². The zero-order chi connectivity index (χ0) is 16.8. The van der Waals surface area contributed by atoms with Crippen LogP contribution in [0.4, 0.5) is 0 Å². The van der Waals surface area contributed by atoms with E-state index in [1.54, 1.807) is 7.05 Å². The Labute approximate surface area is 135 Å². The fourth-order valence-electron chi connectivity index (χ4n) is 2.18. The highest BCUT2D eigenvalue weighted by atomic mass is 32.1. The van der Waals surface area contributed by atoms with Crippen LogP contribution in [0, 0.1) is 5.41 Å². The molecular formula is C14H32N6S. The first-order valence-corrected chi connectivity index (χ1v) is 7.75. The van der Waals surface area contributed by atoms with Gasteiger partial charge in [0.2, 0.25) is 0 Å². The first-order chi connectivity index (χ1) is 9.56. The van der Waals surface area contributed by atoms with Crippen molar-refractivity contribution < 1.29 is 0 Å². The van der Waals surface area contributed by atoms with Crippen molar-refractivity contribution in [1.29, 1.82) is 5.41 Å². The highest BCUT2D eigenvalue weighted by Crippen LogP contribution is 2.18. The minimum Gasteiger partial charge on any atom is -0.370 e. The van der Waals surface area contributed by atoms with E-state index >= 15 is 0 Å². The van der Waals surface area contributed by atoms with Gasteiger partial charge in [0, 0.05) is 40.3 Å². The number of thiol groups is 1. The Balaban J connectivity index is 4.68. The Morgan fingerprint density at radius 1 is 1.38 bits per heavy atom. The highest BCUT2D eigenvalue weighted by molar-refractivity contribution is 7.81. The predicted molar refractivity (Wildman–Crippen MR) is 95.2 cm³/mol. The number of hydrogen-bond donors (Lipinski definition) is 3.